The highest BCUT2D eigenvalue weighted by molar-refractivity contribution is 6.16. The summed E-state index contributed by atoms with van der Waals surface area (Å²) in [5.41, 5.74) is -0.999. The van der Waals surface area contributed by atoms with E-state index in [1.54, 1.807) is 0 Å². The minimum absolute atomic E-state index is 0.206. The lowest BCUT2D eigenvalue weighted by Crippen LogP contribution is -2.02. The Morgan fingerprint density at radius 1 is 1.57 bits per heavy atom. The van der Waals surface area contributed by atoms with Gasteiger partial charge in [-0.15, -0.1) is 11.6 Å². The molecule has 0 saturated carbocycles. The summed E-state index contributed by atoms with van der Waals surface area (Å²) in [7, 11) is 1.17. The van der Waals surface area contributed by atoms with Gasteiger partial charge in [-0.25, -0.2) is 13.2 Å². The van der Waals surface area contributed by atoms with Crippen LogP contribution >= 0.6 is 11.6 Å². The topological polar surface area (TPSA) is 22.1 Å². The van der Waals surface area contributed by atoms with E-state index < -0.39 is 17.8 Å². The molecule has 0 N–H and O–H groups in total. The van der Waals surface area contributed by atoms with Crippen LogP contribution < -0.4 is 4.74 Å². The van der Waals surface area contributed by atoms with Crippen molar-refractivity contribution < 1.29 is 17.9 Å². The second-order valence-corrected chi connectivity index (χ2v) is 2.70. The fourth-order valence-electron chi connectivity index (χ4n) is 0.986. The first kappa shape index (κ1) is 11.1. The summed E-state index contributed by atoms with van der Waals surface area (Å²) >= 11 is 5.32. The molecule has 1 aromatic heterocycles. The molecule has 0 saturated heterocycles. The maximum atomic E-state index is 13.3. The van der Waals surface area contributed by atoms with Crippen molar-refractivity contribution in [1.82, 2.24) is 4.98 Å². The Balaban J connectivity index is 3.31. The highest BCUT2D eigenvalue weighted by Crippen LogP contribution is 2.32. The van der Waals surface area contributed by atoms with Crippen LogP contribution in [0.4, 0.5) is 13.2 Å². The van der Waals surface area contributed by atoms with Crippen molar-refractivity contribution >= 4 is 11.6 Å². The summed E-state index contributed by atoms with van der Waals surface area (Å²) in [6, 6.07) is 0. The van der Waals surface area contributed by atoms with Gasteiger partial charge in [-0.3, -0.25) is 4.98 Å². The van der Waals surface area contributed by atoms with E-state index in [9.17, 15) is 13.2 Å². The average Bonchev–Trinajstić information content (AvgIpc) is 2.16. The average molecular weight is 226 g/mol. The minimum Gasteiger partial charge on any atom is -0.495 e. The molecule has 0 unspecified atom stereocenters. The molecule has 0 aromatic carbocycles. The van der Waals surface area contributed by atoms with Gasteiger partial charge in [0, 0.05) is 0 Å². The number of aromatic nitrogens is 1. The summed E-state index contributed by atoms with van der Waals surface area (Å²) in [4.78, 5) is 3.55. The fraction of sp³-hybridized carbons (Fsp3) is 0.375. The van der Waals surface area contributed by atoms with Gasteiger partial charge in [0.15, 0.2) is 5.82 Å². The molecule has 0 aliphatic heterocycles. The first-order valence-electron chi connectivity index (χ1n) is 3.67. The third-order valence-electron chi connectivity index (χ3n) is 1.66. The van der Waals surface area contributed by atoms with Gasteiger partial charge in [0.1, 0.15) is 5.75 Å². The van der Waals surface area contributed by atoms with E-state index in [-0.39, 0.29) is 17.3 Å². The van der Waals surface area contributed by atoms with Crippen molar-refractivity contribution in [3.8, 4) is 5.75 Å². The summed E-state index contributed by atoms with van der Waals surface area (Å²) in [6.07, 6.45) is -1.92. The van der Waals surface area contributed by atoms with E-state index in [0.717, 1.165) is 6.20 Å². The van der Waals surface area contributed by atoms with Crippen molar-refractivity contribution in [1.29, 1.82) is 0 Å². The standard InChI is InChI=1S/C8H7ClF3NO/c1-14-5-3-13-4(2-9)7(10)6(5)8(11)12/h3,8H,2H2,1H3. The van der Waals surface area contributed by atoms with Gasteiger partial charge in [0.25, 0.3) is 6.43 Å². The van der Waals surface area contributed by atoms with Crippen molar-refractivity contribution in [2.75, 3.05) is 7.11 Å². The summed E-state index contributed by atoms with van der Waals surface area (Å²) in [6.45, 7) is 0. The second-order valence-electron chi connectivity index (χ2n) is 2.44. The van der Waals surface area contributed by atoms with Gasteiger partial charge in [0.05, 0.1) is 30.4 Å². The zero-order valence-corrected chi connectivity index (χ0v) is 7.99. The Morgan fingerprint density at radius 3 is 2.64 bits per heavy atom. The Kier molecular flexibility index (Phi) is 3.57. The van der Waals surface area contributed by atoms with E-state index in [0.29, 0.717) is 0 Å². The monoisotopic (exact) mass is 225 g/mol. The highest BCUT2D eigenvalue weighted by atomic mass is 35.5. The lowest BCUT2D eigenvalue weighted by atomic mass is 10.2. The van der Waals surface area contributed by atoms with Gasteiger partial charge >= 0.3 is 0 Å². The SMILES string of the molecule is COc1cnc(CCl)c(F)c1C(F)F. The van der Waals surface area contributed by atoms with Gasteiger partial charge in [-0.05, 0) is 0 Å². The molecule has 0 atom stereocenters. The van der Waals surface area contributed by atoms with E-state index in [2.05, 4.69) is 9.72 Å². The van der Waals surface area contributed by atoms with Crippen molar-refractivity contribution in [3.05, 3.63) is 23.3 Å². The number of nitrogens with zero attached hydrogens (tertiary/aromatic N) is 1. The number of hydrogen-bond acceptors (Lipinski definition) is 2. The van der Waals surface area contributed by atoms with Crippen LogP contribution in [0.3, 0.4) is 0 Å². The van der Waals surface area contributed by atoms with Crippen molar-refractivity contribution in [3.63, 3.8) is 0 Å². The number of alkyl halides is 3. The zero-order chi connectivity index (χ0) is 10.7. The molecule has 0 fully saturated rings. The third-order valence-corrected chi connectivity index (χ3v) is 1.91. The van der Waals surface area contributed by atoms with Gasteiger partial charge in [-0.2, -0.15) is 0 Å². The van der Waals surface area contributed by atoms with E-state index in [1.165, 1.54) is 7.11 Å². The molecule has 0 aliphatic carbocycles. The minimum atomic E-state index is -2.95. The molecule has 78 valence electrons. The lowest BCUT2D eigenvalue weighted by Gasteiger charge is -2.09. The molecule has 0 spiro atoms. The number of pyridine rings is 1. The van der Waals surface area contributed by atoms with Crippen LogP contribution in [0, 0.1) is 5.82 Å². The van der Waals surface area contributed by atoms with Crippen LogP contribution in [-0.2, 0) is 5.88 Å². The molecule has 14 heavy (non-hydrogen) atoms. The lowest BCUT2D eigenvalue weighted by molar-refractivity contribution is 0.141. The molecule has 0 radical (unpaired) electrons. The maximum absolute atomic E-state index is 13.3. The molecule has 0 bridgehead atoms. The molecule has 1 rings (SSSR count). The molecule has 2 nitrogen and oxygen atoms in total. The summed E-state index contributed by atoms with van der Waals surface area (Å²) in [5.74, 6) is -1.63. The molecule has 0 aliphatic rings. The first-order chi connectivity index (χ1) is 6.61. The fourth-order valence-corrected chi connectivity index (χ4v) is 1.17. The second kappa shape index (κ2) is 4.50. The first-order valence-corrected chi connectivity index (χ1v) is 4.20. The molecule has 1 aromatic rings. The smallest absolute Gasteiger partial charge is 0.270 e. The predicted molar refractivity (Wildman–Crippen MR) is 45.3 cm³/mol. The number of halogens is 4. The molecule has 1 heterocycles. The number of hydrogen-bond donors (Lipinski definition) is 0. The van der Waals surface area contributed by atoms with Crippen LogP contribution in [0.2, 0.25) is 0 Å². The molecular weight excluding hydrogens is 219 g/mol. The summed E-state index contributed by atoms with van der Waals surface area (Å²) < 4.78 is 42.6. The van der Waals surface area contributed by atoms with E-state index in [1.807, 2.05) is 0 Å². The normalized spacial score (nSPS) is 10.7. The quantitative estimate of drug-likeness (QED) is 0.738. The Bertz CT molecular complexity index is 333. The molecule has 0 amide bonds. The van der Waals surface area contributed by atoms with Crippen LogP contribution in [0.25, 0.3) is 0 Å². The number of methoxy groups -OCH3 is 1. The Hall–Kier alpha value is -0.970. The Labute approximate surface area is 83.7 Å². The largest absolute Gasteiger partial charge is 0.495 e. The van der Waals surface area contributed by atoms with Gasteiger partial charge in [-0.1, -0.05) is 0 Å². The summed E-state index contributed by atoms with van der Waals surface area (Å²) in [5, 5.41) is 0. The van der Waals surface area contributed by atoms with Crippen LogP contribution in [0.15, 0.2) is 6.20 Å². The predicted octanol–water partition coefficient (Wildman–Crippen LogP) is 2.91. The zero-order valence-electron chi connectivity index (χ0n) is 7.23. The van der Waals surface area contributed by atoms with Crippen LogP contribution in [0.1, 0.15) is 17.7 Å². The van der Waals surface area contributed by atoms with Crippen molar-refractivity contribution in [2.24, 2.45) is 0 Å². The molecular formula is C8H7ClF3NO. The molecule has 6 heteroatoms. The third kappa shape index (κ3) is 1.92. The maximum Gasteiger partial charge on any atom is 0.270 e. The number of ether oxygens (including phenoxy) is 1. The van der Waals surface area contributed by atoms with E-state index >= 15 is 0 Å². The van der Waals surface area contributed by atoms with E-state index in [4.69, 9.17) is 11.6 Å². The van der Waals surface area contributed by atoms with Gasteiger partial charge < -0.3 is 4.74 Å². The Morgan fingerprint density at radius 2 is 2.21 bits per heavy atom. The van der Waals surface area contributed by atoms with Crippen molar-refractivity contribution in [2.45, 2.75) is 12.3 Å². The highest BCUT2D eigenvalue weighted by Gasteiger charge is 2.22. The van der Waals surface area contributed by atoms with Gasteiger partial charge in [0.2, 0.25) is 0 Å². The number of rotatable bonds is 3. The van der Waals surface area contributed by atoms with Crippen LogP contribution in [-0.4, -0.2) is 12.1 Å². The van der Waals surface area contributed by atoms with Crippen LogP contribution in [0.5, 0.6) is 5.75 Å².